The van der Waals surface area contributed by atoms with E-state index in [1.165, 1.54) is 33.3 Å². The Morgan fingerprint density at radius 2 is 1.88 bits per heavy atom. The summed E-state index contributed by atoms with van der Waals surface area (Å²) in [5, 5.41) is 6.98. The average molecular weight is 495 g/mol. The number of methoxy groups -OCH3 is 2. The molecule has 0 bridgehead atoms. The lowest BCUT2D eigenvalue weighted by Gasteiger charge is -2.21. The van der Waals surface area contributed by atoms with Crippen molar-refractivity contribution < 1.29 is 36.6 Å². The molecule has 0 aromatic carbocycles. The van der Waals surface area contributed by atoms with Crippen LogP contribution < -0.4 is 19.1 Å². The quantitative estimate of drug-likeness (QED) is 0.431. The standard InChI is InChI=1S/C18H18FN7O7S/c1-4-33-16(27)10-9-21-25-15(10)34(29,30)26(14-11(19)6-5-7-20-14)18(28)24-17-22-12(31-2)8-13(23-17)32-3/h5-9H,4H2,1-3H3,(H,21,25)(H,22,23,24,28). The molecule has 0 fully saturated rings. The number of sulfonamides is 1. The fourth-order valence-electron chi connectivity index (χ4n) is 2.58. The number of hydrogen-bond donors (Lipinski definition) is 2. The highest BCUT2D eigenvalue weighted by atomic mass is 32.2. The summed E-state index contributed by atoms with van der Waals surface area (Å²) in [6.45, 7) is 1.45. The smallest absolute Gasteiger partial charge is 0.344 e. The zero-order valence-electron chi connectivity index (χ0n) is 18.0. The summed E-state index contributed by atoms with van der Waals surface area (Å²) in [6.07, 6.45) is 1.96. The van der Waals surface area contributed by atoms with Crippen LogP contribution in [-0.2, 0) is 14.8 Å². The van der Waals surface area contributed by atoms with Crippen molar-refractivity contribution in [3.05, 3.63) is 42.0 Å². The topological polar surface area (TPSA) is 179 Å². The van der Waals surface area contributed by atoms with E-state index in [-0.39, 0.29) is 22.7 Å². The van der Waals surface area contributed by atoms with Crippen LogP contribution in [-0.4, -0.2) is 66.4 Å². The van der Waals surface area contributed by atoms with Crippen molar-refractivity contribution >= 4 is 33.8 Å². The molecule has 34 heavy (non-hydrogen) atoms. The third-order valence-corrected chi connectivity index (χ3v) is 5.68. The van der Waals surface area contributed by atoms with Crippen molar-refractivity contribution in [1.29, 1.82) is 0 Å². The van der Waals surface area contributed by atoms with Gasteiger partial charge < -0.3 is 14.2 Å². The highest BCUT2D eigenvalue weighted by Gasteiger charge is 2.39. The van der Waals surface area contributed by atoms with Gasteiger partial charge in [0.25, 0.3) is 10.0 Å². The molecule has 0 aliphatic rings. The normalized spacial score (nSPS) is 10.9. The summed E-state index contributed by atoms with van der Waals surface area (Å²) in [5.74, 6) is -3.52. The highest BCUT2D eigenvalue weighted by Crippen LogP contribution is 2.27. The van der Waals surface area contributed by atoms with Crippen LogP contribution in [0.4, 0.5) is 21.0 Å². The summed E-state index contributed by atoms with van der Waals surface area (Å²) in [5.41, 5.74) is -0.504. The molecule has 0 aliphatic heterocycles. The van der Waals surface area contributed by atoms with E-state index >= 15 is 0 Å². The maximum absolute atomic E-state index is 14.6. The molecule has 3 aromatic heterocycles. The van der Waals surface area contributed by atoms with E-state index in [1.54, 1.807) is 0 Å². The summed E-state index contributed by atoms with van der Waals surface area (Å²) < 4.78 is 56.3. The van der Waals surface area contributed by atoms with E-state index in [4.69, 9.17) is 14.2 Å². The van der Waals surface area contributed by atoms with Crippen LogP contribution in [0.5, 0.6) is 11.8 Å². The molecule has 2 N–H and O–H groups in total. The number of H-pyrrole nitrogens is 1. The zero-order valence-corrected chi connectivity index (χ0v) is 18.8. The zero-order chi connectivity index (χ0) is 24.9. The molecule has 0 atom stereocenters. The third-order valence-electron chi connectivity index (χ3n) is 4.03. The minimum atomic E-state index is -5.00. The lowest BCUT2D eigenvalue weighted by molar-refractivity contribution is 0.0521. The number of ether oxygens (including phenoxy) is 3. The molecule has 0 saturated carbocycles. The molecule has 0 radical (unpaired) electrons. The Kier molecular flexibility index (Phi) is 7.20. The molecule has 3 rings (SSSR count). The van der Waals surface area contributed by atoms with Crippen molar-refractivity contribution in [3.8, 4) is 11.8 Å². The number of urea groups is 1. The van der Waals surface area contributed by atoms with Gasteiger partial charge in [-0.1, -0.05) is 0 Å². The predicted octanol–water partition coefficient (Wildman–Crippen LogP) is 1.36. The van der Waals surface area contributed by atoms with Crippen molar-refractivity contribution in [2.45, 2.75) is 11.9 Å². The molecular formula is C18H18FN7O7S. The molecule has 0 spiro atoms. The minimum absolute atomic E-state index is 0.00607. The van der Waals surface area contributed by atoms with Gasteiger partial charge in [-0.25, -0.2) is 19.0 Å². The van der Waals surface area contributed by atoms with E-state index < -0.39 is 50.2 Å². The molecule has 16 heteroatoms. The second kappa shape index (κ2) is 10.1. The van der Waals surface area contributed by atoms with Crippen LogP contribution in [0, 0.1) is 5.82 Å². The first kappa shape index (κ1) is 24.3. The second-order valence-electron chi connectivity index (χ2n) is 6.12. The van der Waals surface area contributed by atoms with Gasteiger partial charge in [0.05, 0.1) is 33.1 Å². The van der Waals surface area contributed by atoms with Gasteiger partial charge in [-0.3, -0.25) is 10.4 Å². The Bertz CT molecular complexity index is 1290. The van der Waals surface area contributed by atoms with Crippen molar-refractivity contribution in [2.75, 3.05) is 30.4 Å². The van der Waals surface area contributed by atoms with Crippen molar-refractivity contribution in [2.24, 2.45) is 0 Å². The summed E-state index contributed by atoms with van der Waals surface area (Å²) in [7, 11) is -2.41. The van der Waals surface area contributed by atoms with E-state index in [2.05, 4.69) is 30.5 Å². The number of carbonyl (C=O) groups excluding carboxylic acids is 2. The van der Waals surface area contributed by atoms with Crippen LogP contribution in [0.2, 0.25) is 0 Å². The second-order valence-corrected chi connectivity index (χ2v) is 7.84. The molecule has 14 nitrogen and oxygen atoms in total. The maximum atomic E-state index is 14.6. The van der Waals surface area contributed by atoms with Gasteiger partial charge in [-0.2, -0.15) is 27.8 Å². The number of hydrogen-bond acceptors (Lipinski definition) is 11. The summed E-state index contributed by atoms with van der Waals surface area (Å²) >= 11 is 0. The number of halogens is 1. The van der Waals surface area contributed by atoms with E-state index in [0.717, 1.165) is 18.5 Å². The molecule has 180 valence electrons. The number of aromatic amines is 1. The number of nitrogens with one attached hydrogen (secondary N) is 2. The van der Waals surface area contributed by atoms with Gasteiger partial charge in [-0.15, -0.1) is 0 Å². The molecule has 0 aliphatic carbocycles. The summed E-state index contributed by atoms with van der Waals surface area (Å²) in [6, 6.07) is 1.95. The number of esters is 1. The number of anilines is 2. The number of rotatable bonds is 8. The van der Waals surface area contributed by atoms with Crippen molar-refractivity contribution in [3.63, 3.8) is 0 Å². The lowest BCUT2D eigenvalue weighted by Crippen LogP contribution is -2.42. The average Bonchev–Trinajstić information content (AvgIpc) is 3.31. The van der Waals surface area contributed by atoms with Gasteiger partial charge in [-0.05, 0) is 19.1 Å². The lowest BCUT2D eigenvalue weighted by atomic mass is 10.4. The number of amides is 2. The maximum Gasteiger partial charge on any atom is 0.344 e. The van der Waals surface area contributed by atoms with Crippen molar-refractivity contribution in [1.82, 2.24) is 25.1 Å². The molecule has 0 saturated heterocycles. The molecule has 0 unspecified atom stereocenters. The fraction of sp³-hybridized carbons (Fsp3) is 0.222. The SMILES string of the molecule is CCOC(=O)c1cn[nH]c1S(=O)(=O)N(C(=O)Nc1nc(OC)cc(OC)n1)c1ncccc1F. The Morgan fingerprint density at radius 3 is 2.47 bits per heavy atom. The van der Waals surface area contributed by atoms with Crippen LogP contribution in [0.25, 0.3) is 0 Å². The first-order valence-corrected chi connectivity index (χ1v) is 10.8. The van der Waals surface area contributed by atoms with Gasteiger partial charge in [0.15, 0.2) is 16.7 Å². The monoisotopic (exact) mass is 495 g/mol. The minimum Gasteiger partial charge on any atom is -0.481 e. The van der Waals surface area contributed by atoms with Gasteiger partial charge in [0.1, 0.15) is 5.56 Å². The summed E-state index contributed by atoms with van der Waals surface area (Å²) in [4.78, 5) is 36.8. The van der Waals surface area contributed by atoms with Gasteiger partial charge in [0, 0.05) is 6.20 Å². The molecule has 3 heterocycles. The number of pyridine rings is 1. The van der Waals surface area contributed by atoms with Gasteiger partial charge >= 0.3 is 12.0 Å². The van der Waals surface area contributed by atoms with Crippen LogP contribution >= 0.6 is 0 Å². The highest BCUT2D eigenvalue weighted by molar-refractivity contribution is 7.93. The Hall–Kier alpha value is -4.34. The largest absolute Gasteiger partial charge is 0.481 e. The van der Waals surface area contributed by atoms with Crippen LogP contribution in [0.15, 0.2) is 35.6 Å². The number of aromatic nitrogens is 5. The number of nitrogens with zero attached hydrogens (tertiary/aromatic N) is 5. The first-order chi connectivity index (χ1) is 16.2. The van der Waals surface area contributed by atoms with E-state index in [9.17, 15) is 22.4 Å². The molecule has 3 aromatic rings. The van der Waals surface area contributed by atoms with Gasteiger partial charge in [0.2, 0.25) is 17.7 Å². The number of carbonyl (C=O) groups is 2. The Labute approximate surface area is 192 Å². The Balaban J connectivity index is 2.11. The molecule has 2 amide bonds. The van der Waals surface area contributed by atoms with Crippen LogP contribution in [0.1, 0.15) is 17.3 Å². The first-order valence-electron chi connectivity index (χ1n) is 9.37. The predicted molar refractivity (Wildman–Crippen MR) is 113 cm³/mol. The Morgan fingerprint density at radius 1 is 1.21 bits per heavy atom. The third kappa shape index (κ3) is 4.85. The van der Waals surface area contributed by atoms with Crippen LogP contribution in [0.3, 0.4) is 0 Å². The van der Waals surface area contributed by atoms with E-state index in [0.29, 0.717) is 0 Å². The van der Waals surface area contributed by atoms with E-state index in [1.807, 2.05) is 0 Å². The molecular weight excluding hydrogens is 477 g/mol. The fourth-order valence-corrected chi connectivity index (χ4v) is 3.97.